The molecule has 1 heterocycles. The summed E-state index contributed by atoms with van der Waals surface area (Å²) >= 11 is 0. The molecule has 0 fully saturated rings. The predicted molar refractivity (Wildman–Crippen MR) is 126 cm³/mol. The normalized spacial score (nSPS) is 13.2. The quantitative estimate of drug-likeness (QED) is 0.351. The van der Waals surface area contributed by atoms with Gasteiger partial charge in [-0.2, -0.15) is 26.3 Å². The Morgan fingerprint density at radius 1 is 0.556 bits per heavy atom. The summed E-state index contributed by atoms with van der Waals surface area (Å²) in [6.45, 7) is 9.98. The fourth-order valence-electron chi connectivity index (χ4n) is 4.00. The van der Waals surface area contributed by atoms with Crippen LogP contribution in [0.2, 0.25) is 0 Å². The summed E-state index contributed by atoms with van der Waals surface area (Å²) in [5.74, 6) is 0. The monoisotopic (exact) mass is 512 g/mol. The van der Waals surface area contributed by atoms with E-state index in [0.29, 0.717) is 0 Å². The van der Waals surface area contributed by atoms with Gasteiger partial charge >= 0.3 is 18.0 Å². The first kappa shape index (κ1) is 27.3. The Labute approximate surface area is 203 Å². The van der Waals surface area contributed by atoms with Crippen LogP contribution < -0.4 is 11.2 Å². The zero-order valence-corrected chi connectivity index (χ0v) is 20.6. The second kappa shape index (κ2) is 8.67. The van der Waals surface area contributed by atoms with Crippen LogP contribution in [0, 0.1) is 0 Å². The lowest BCUT2D eigenvalue weighted by Crippen LogP contribution is -2.52. The maximum Gasteiger partial charge on any atom is 0.416 e. The van der Waals surface area contributed by atoms with Crippen molar-refractivity contribution < 1.29 is 26.3 Å². The maximum atomic E-state index is 13.8. The lowest BCUT2D eigenvalue weighted by Gasteiger charge is -2.32. The van der Waals surface area contributed by atoms with Gasteiger partial charge in [0.25, 0.3) is 5.56 Å². The van der Waals surface area contributed by atoms with Crippen LogP contribution in [0.1, 0.15) is 52.7 Å². The molecule has 3 rings (SSSR count). The van der Waals surface area contributed by atoms with Gasteiger partial charge in [-0.05, 0) is 76.9 Å². The molecule has 0 aliphatic heterocycles. The molecule has 0 saturated carbocycles. The van der Waals surface area contributed by atoms with Crippen LogP contribution in [0.4, 0.5) is 26.3 Å². The molecule has 1 aromatic heterocycles. The van der Waals surface area contributed by atoms with Crippen molar-refractivity contribution in [3.8, 4) is 22.4 Å². The van der Waals surface area contributed by atoms with Gasteiger partial charge in [0.15, 0.2) is 0 Å². The third-order valence-corrected chi connectivity index (χ3v) is 5.59. The zero-order chi connectivity index (χ0) is 27.4. The molecule has 4 nitrogen and oxygen atoms in total. The Bertz CT molecular complexity index is 1380. The van der Waals surface area contributed by atoms with E-state index >= 15 is 0 Å². The van der Waals surface area contributed by atoms with Crippen LogP contribution in [-0.4, -0.2) is 9.13 Å². The van der Waals surface area contributed by atoms with E-state index in [2.05, 4.69) is 0 Å². The minimum absolute atomic E-state index is 0.0199. The SMILES string of the molecule is CC(C)(C)n1c(-c2ccc(C(F)(F)F)cc2)c(-c2ccc(C(F)(F)F)cc2)c(=O)n(C(C)(C)C)c1=O. The third-order valence-electron chi connectivity index (χ3n) is 5.59. The van der Waals surface area contributed by atoms with E-state index in [4.69, 9.17) is 0 Å². The van der Waals surface area contributed by atoms with Crippen LogP contribution in [0.3, 0.4) is 0 Å². The largest absolute Gasteiger partial charge is 0.416 e. The van der Waals surface area contributed by atoms with Crippen LogP contribution in [0.25, 0.3) is 22.4 Å². The van der Waals surface area contributed by atoms with Gasteiger partial charge in [-0.25, -0.2) is 4.79 Å². The van der Waals surface area contributed by atoms with Crippen LogP contribution >= 0.6 is 0 Å². The van der Waals surface area contributed by atoms with Crippen molar-refractivity contribution in [2.45, 2.75) is 65.0 Å². The van der Waals surface area contributed by atoms with E-state index in [1.54, 1.807) is 41.5 Å². The third kappa shape index (κ3) is 5.12. The molecular formula is C26H26F6N2O2. The number of aromatic nitrogens is 2. The van der Waals surface area contributed by atoms with Crippen molar-refractivity contribution in [2.24, 2.45) is 0 Å². The Kier molecular flexibility index (Phi) is 6.57. The highest BCUT2D eigenvalue weighted by atomic mass is 19.4. The number of hydrogen-bond acceptors (Lipinski definition) is 2. The second-order valence-electron chi connectivity index (χ2n) is 10.5. The topological polar surface area (TPSA) is 44.0 Å². The second-order valence-corrected chi connectivity index (χ2v) is 10.5. The molecule has 194 valence electrons. The number of hydrogen-bond donors (Lipinski definition) is 0. The molecule has 0 atom stereocenters. The fourth-order valence-corrected chi connectivity index (χ4v) is 4.00. The van der Waals surface area contributed by atoms with Crippen molar-refractivity contribution in [3.63, 3.8) is 0 Å². The Morgan fingerprint density at radius 3 is 1.25 bits per heavy atom. The highest BCUT2D eigenvalue weighted by Gasteiger charge is 2.34. The number of nitrogens with zero attached hydrogens (tertiary/aromatic N) is 2. The van der Waals surface area contributed by atoms with Gasteiger partial charge in [-0.1, -0.05) is 24.3 Å². The van der Waals surface area contributed by atoms with E-state index in [1.165, 1.54) is 4.57 Å². The fraction of sp³-hybridized carbons (Fsp3) is 0.385. The summed E-state index contributed by atoms with van der Waals surface area (Å²) in [6, 6.07) is 7.84. The minimum Gasteiger partial charge on any atom is -0.287 e. The van der Waals surface area contributed by atoms with E-state index < -0.39 is 45.8 Å². The minimum atomic E-state index is -4.61. The molecule has 0 spiro atoms. The molecule has 3 aromatic rings. The number of halogens is 6. The summed E-state index contributed by atoms with van der Waals surface area (Å²) in [6.07, 6.45) is -9.21. The summed E-state index contributed by atoms with van der Waals surface area (Å²) in [4.78, 5) is 27.4. The van der Waals surface area contributed by atoms with Crippen molar-refractivity contribution >= 4 is 0 Å². The molecular weight excluding hydrogens is 486 g/mol. The number of benzene rings is 2. The molecule has 0 bridgehead atoms. The summed E-state index contributed by atoms with van der Waals surface area (Å²) in [5.41, 5.74) is -5.08. The highest BCUT2D eigenvalue weighted by molar-refractivity contribution is 5.81. The number of alkyl halides is 6. The number of rotatable bonds is 2. The molecule has 0 aliphatic carbocycles. The van der Waals surface area contributed by atoms with Crippen molar-refractivity contribution in [1.82, 2.24) is 9.13 Å². The molecule has 0 radical (unpaired) electrons. The molecule has 0 saturated heterocycles. The first-order valence-electron chi connectivity index (χ1n) is 11.0. The van der Waals surface area contributed by atoms with Crippen molar-refractivity contribution in [3.05, 3.63) is 80.5 Å². The molecule has 0 N–H and O–H groups in total. The van der Waals surface area contributed by atoms with Gasteiger partial charge in [0.2, 0.25) is 0 Å². The molecule has 0 aliphatic rings. The zero-order valence-electron chi connectivity index (χ0n) is 20.6. The first-order chi connectivity index (χ1) is 16.2. The Hall–Kier alpha value is -3.30. The average molecular weight is 512 g/mol. The lowest BCUT2D eigenvalue weighted by molar-refractivity contribution is -0.138. The van der Waals surface area contributed by atoms with E-state index in [-0.39, 0.29) is 22.4 Å². The van der Waals surface area contributed by atoms with Crippen molar-refractivity contribution in [1.29, 1.82) is 0 Å². The summed E-state index contributed by atoms with van der Waals surface area (Å²) in [7, 11) is 0. The van der Waals surface area contributed by atoms with Gasteiger partial charge in [-0.3, -0.25) is 13.9 Å². The Balaban J connectivity index is 2.53. The van der Waals surface area contributed by atoms with Gasteiger partial charge in [0.05, 0.1) is 22.4 Å². The van der Waals surface area contributed by atoms with Crippen molar-refractivity contribution in [2.75, 3.05) is 0 Å². The predicted octanol–water partition coefficient (Wildman–Crippen LogP) is 6.89. The average Bonchev–Trinajstić information content (AvgIpc) is 2.70. The van der Waals surface area contributed by atoms with Gasteiger partial charge < -0.3 is 0 Å². The molecule has 2 aromatic carbocycles. The lowest BCUT2D eigenvalue weighted by atomic mass is 9.95. The van der Waals surface area contributed by atoms with E-state index in [0.717, 1.165) is 53.1 Å². The first-order valence-corrected chi connectivity index (χ1v) is 11.0. The van der Waals surface area contributed by atoms with Crippen LogP contribution in [-0.2, 0) is 23.4 Å². The van der Waals surface area contributed by atoms with Gasteiger partial charge in [0, 0.05) is 11.1 Å². The smallest absolute Gasteiger partial charge is 0.287 e. The summed E-state index contributed by atoms with van der Waals surface area (Å²) in [5, 5.41) is 0. The molecule has 10 heteroatoms. The van der Waals surface area contributed by atoms with Gasteiger partial charge in [0.1, 0.15) is 0 Å². The standard InChI is InChI=1S/C26H26F6N2O2/c1-23(2,3)33-20(16-9-13-18(14-10-16)26(30,31)32)19(21(35)34(22(33)36)24(4,5)6)15-7-11-17(12-8-15)25(27,28)29/h7-14H,1-6H3. The van der Waals surface area contributed by atoms with E-state index in [1.807, 2.05) is 0 Å². The van der Waals surface area contributed by atoms with Crippen LogP contribution in [0.5, 0.6) is 0 Å². The van der Waals surface area contributed by atoms with Gasteiger partial charge in [-0.15, -0.1) is 0 Å². The molecule has 36 heavy (non-hydrogen) atoms. The summed E-state index contributed by atoms with van der Waals surface area (Å²) < 4.78 is 81.4. The highest BCUT2D eigenvalue weighted by Crippen LogP contribution is 2.37. The van der Waals surface area contributed by atoms with Crippen LogP contribution in [0.15, 0.2) is 58.1 Å². The molecule has 0 amide bonds. The Morgan fingerprint density at radius 2 is 0.917 bits per heavy atom. The van der Waals surface area contributed by atoms with E-state index in [9.17, 15) is 35.9 Å². The maximum absolute atomic E-state index is 13.8. The molecule has 0 unspecified atom stereocenters.